The van der Waals surface area contributed by atoms with E-state index in [1.165, 1.54) is 0 Å². The molecule has 3 heterocycles. The minimum absolute atomic E-state index is 0.0259. The zero-order valence-electron chi connectivity index (χ0n) is 19.3. The van der Waals surface area contributed by atoms with Gasteiger partial charge in [-0.2, -0.15) is 10.2 Å². The van der Waals surface area contributed by atoms with Crippen molar-refractivity contribution in [3.63, 3.8) is 0 Å². The first-order chi connectivity index (χ1) is 17.1. The number of H-pyrrole nitrogens is 1. The number of hydrogen-bond acceptors (Lipinski definition) is 4. The Morgan fingerprint density at radius 3 is 2.74 bits per heavy atom. The van der Waals surface area contributed by atoms with E-state index >= 15 is 0 Å². The first kappa shape index (κ1) is 21.6. The number of rotatable bonds is 5. The molecule has 1 atom stereocenters. The van der Waals surface area contributed by atoms with Crippen LogP contribution in [0.5, 0.6) is 0 Å². The fourth-order valence-corrected chi connectivity index (χ4v) is 5.06. The molecule has 6 rings (SSSR count). The van der Waals surface area contributed by atoms with E-state index in [1.807, 2.05) is 47.1 Å². The molecule has 2 N–H and O–H groups in total. The van der Waals surface area contributed by atoms with Gasteiger partial charge in [0.15, 0.2) is 0 Å². The van der Waals surface area contributed by atoms with E-state index < -0.39 is 0 Å². The second-order valence-corrected chi connectivity index (χ2v) is 9.35. The van der Waals surface area contributed by atoms with Crippen LogP contribution in [0.3, 0.4) is 0 Å². The summed E-state index contributed by atoms with van der Waals surface area (Å²) in [7, 11) is 0. The molecule has 0 fully saturated rings. The molecule has 1 aliphatic rings. The maximum atomic E-state index is 13.4. The molecule has 2 aromatic heterocycles. The topological polar surface area (TPSA) is 75.1 Å². The van der Waals surface area contributed by atoms with Gasteiger partial charge in [0.05, 0.1) is 22.8 Å². The van der Waals surface area contributed by atoms with Crippen molar-refractivity contribution in [3.8, 4) is 11.1 Å². The largest absolute Gasteiger partial charge is 0.321 e. The van der Waals surface area contributed by atoms with Crippen LogP contribution < -0.4 is 11.0 Å². The van der Waals surface area contributed by atoms with Crippen LogP contribution in [0.1, 0.15) is 36.9 Å². The molecular weight excluding hydrogens is 458 g/mol. The van der Waals surface area contributed by atoms with Gasteiger partial charge < -0.3 is 10.4 Å². The summed E-state index contributed by atoms with van der Waals surface area (Å²) in [5, 5.41) is 11.9. The summed E-state index contributed by atoms with van der Waals surface area (Å²) >= 11 is 6.36. The Balaban J connectivity index is 1.42. The van der Waals surface area contributed by atoms with Crippen LogP contribution in [0.15, 0.2) is 82.8 Å². The monoisotopic (exact) mass is 481 g/mol. The summed E-state index contributed by atoms with van der Waals surface area (Å²) in [6.07, 6.45) is 3.73. The lowest BCUT2D eigenvalue weighted by molar-refractivity contribution is 0.609. The van der Waals surface area contributed by atoms with Gasteiger partial charge in [0, 0.05) is 46.0 Å². The molecule has 0 aliphatic carbocycles. The number of nitrogens with one attached hydrogen (secondary N) is 2. The van der Waals surface area contributed by atoms with Crippen molar-refractivity contribution >= 4 is 39.1 Å². The lowest BCUT2D eigenvalue weighted by atomic mass is 9.91. The van der Waals surface area contributed by atoms with E-state index in [2.05, 4.69) is 51.9 Å². The Bertz CT molecular complexity index is 1650. The van der Waals surface area contributed by atoms with Crippen LogP contribution in [0.4, 0.5) is 0 Å². The average Bonchev–Trinajstić information content (AvgIpc) is 3.51. The normalized spacial score (nSPS) is 15.5. The summed E-state index contributed by atoms with van der Waals surface area (Å²) in [6.45, 7) is 3.04. The van der Waals surface area contributed by atoms with E-state index in [-0.39, 0.29) is 11.6 Å². The number of aryl methyl sites for hydroxylation is 1. The number of benzene rings is 3. The number of hydrogen-bond donors (Lipinski definition) is 2. The van der Waals surface area contributed by atoms with Gasteiger partial charge in [0.2, 0.25) is 0 Å². The summed E-state index contributed by atoms with van der Waals surface area (Å²) in [4.78, 5) is 16.4. The molecule has 1 aliphatic heterocycles. The minimum atomic E-state index is -0.156. The fourth-order valence-electron chi connectivity index (χ4n) is 4.89. The molecule has 5 aromatic rings. The third-order valence-electron chi connectivity index (χ3n) is 6.51. The third-order valence-corrected chi connectivity index (χ3v) is 6.75. The second-order valence-electron chi connectivity index (χ2n) is 8.91. The Hall–Kier alpha value is -3.90. The van der Waals surface area contributed by atoms with E-state index in [1.54, 1.807) is 6.07 Å². The maximum Gasteiger partial charge on any atom is 0.258 e. The van der Waals surface area contributed by atoms with Gasteiger partial charge >= 0.3 is 0 Å². The van der Waals surface area contributed by atoms with Crippen molar-refractivity contribution in [2.75, 3.05) is 0 Å². The lowest BCUT2D eigenvalue weighted by Crippen LogP contribution is -2.20. The van der Waals surface area contributed by atoms with Gasteiger partial charge in [-0.05, 0) is 47.9 Å². The number of fused-ring (bicyclic) bond motifs is 2. The van der Waals surface area contributed by atoms with Crippen molar-refractivity contribution in [1.82, 2.24) is 20.2 Å². The van der Waals surface area contributed by atoms with Gasteiger partial charge in [0.25, 0.3) is 5.56 Å². The highest BCUT2D eigenvalue weighted by Crippen LogP contribution is 2.34. The molecule has 174 valence electrons. The van der Waals surface area contributed by atoms with Crippen molar-refractivity contribution in [2.45, 2.75) is 32.4 Å². The van der Waals surface area contributed by atoms with Gasteiger partial charge in [-0.15, -0.1) is 0 Å². The van der Waals surface area contributed by atoms with Crippen molar-refractivity contribution in [1.29, 1.82) is 0 Å². The molecule has 0 saturated heterocycles. The zero-order valence-corrected chi connectivity index (χ0v) is 20.0. The number of hydrazone groups is 1. The first-order valence-corrected chi connectivity index (χ1v) is 12.2. The average molecular weight is 482 g/mol. The Morgan fingerprint density at radius 1 is 1.06 bits per heavy atom. The highest BCUT2D eigenvalue weighted by atomic mass is 35.5. The Labute approximate surface area is 207 Å². The van der Waals surface area contributed by atoms with Crippen LogP contribution in [0.2, 0.25) is 5.02 Å². The van der Waals surface area contributed by atoms with Crippen LogP contribution in [-0.2, 0) is 6.54 Å². The quantitative estimate of drug-likeness (QED) is 0.321. The molecular formula is C28H24ClN5O. The van der Waals surface area contributed by atoms with E-state index in [4.69, 9.17) is 11.6 Å². The van der Waals surface area contributed by atoms with Crippen molar-refractivity contribution in [3.05, 3.63) is 99.4 Å². The molecule has 7 heteroatoms. The number of pyridine rings is 1. The predicted molar refractivity (Wildman–Crippen MR) is 142 cm³/mol. The summed E-state index contributed by atoms with van der Waals surface area (Å²) in [5.41, 5.74) is 9.08. The molecule has 3 aromatic carbocycles. The van der Waals surface area contributed by atoms with Crippen LogP contribution in [0.25, 0.3) is 32.9 Å². The van der Waals surface area contributed by atoms with E-state index in [0.717, 1.165) is 57.2 Å². The minimum Gasteiger partial charge on any atom is -0.321 e. The van der Waals surface area contributed by atoms with Gasteiger partial charge in [-0.25, -0.2) is 0 Å². The number of halogens is 1. The number of aromatic amines is 1. The van der Waals surface area contributed by atoms with E-state index in [0.29, 0.717) is 17.0 Å². The van der Waals surface area contributed by atoms with Crippen molar-refractivity contribution < 1.29 is 0 Å². The van der Waals surface area contributed by atoms with Crippen LogP contribution in [0, 0.1) is 0 Å². The molecule has 0 bridgehead atoms. The first-order valence-electron chi connectivity index (χ1n) is 11.8. The molecule has 0 saturated carbocycles. The SMILES string of the molecule is CCCn1cc2cc(C3CC(c4c(-c5ccccc5)c5cc(Cl)ccc5[nH]c4=O)=NN3)ccc2n1. The lowest BCUT2D eigenvalue weighted by Gasteiger charge is -2.14. The van der Waals surface area contributed by atoms with Gasteiger partial charge in [0.1, 0.15) is 0 Å². The summed E-state index contributed by atoms with van der Waals surface area (Å²) in [6, 6.07) is 21.8. The predicted octanol–water partition coefficient (Wildman–Crippen LogP) is 6.05. The standard InChI is InChI=1S/C28H24ClN5O/c1-2-12-34-16-19-13-18(8-10-22(19)33-34)24-15-25(32-31-24)27-26(17-6-4-3-5-7-17)21-14-20(29)9-11-23(21)30-28(27)35/h3-11,13-14,16,24,31H,2,12,15H2,1H3,(H,30,35). The third kappa shape index (κ3) is 3.90. The van der Waals surface area contributed by atoms with Crippen LogP contribution in [-0.4, -0.2) is 20.5 Å². The summed E-state index contributed by atoms with van der Waals surface area (Å²) in [5.74, 6) is 0. The van der Waals surface area contributed by atoms with Crippen molar-refractivity contribution in [2.24, 2.45) is 5.10 Å². The summed E-state index contributed by atoms with van der Waals surface area (Å²) < 4.78 is 1.99. The molecule has 6 nitrogen and oxygen atoms in total. The highest BCUT2D eigenvalue weighted by Gasteiger charge is 2.27. The molecule has 0 amide bonds. The smallest absolute Gasteiger partial charge is 0.258 e. The molecule has 0 radical (unpaired) electrons. The zero-order chi connectivity index (χ0) is 23.9. The second kappa shape index (κ2) is 8.71. The maximum absolute atomic E-state index is 13.4. The van der Waals surface area contributed by atoms with Gasteiger partial charge in [-0.1, -0.05) is 54.9 Å². The van der Waals surface area contributed by atoms with Crippen LogP contribution >= 0.6 is 11.6 Å². The molecule has 1 unspecified atom stereocenters. The number of nitrogens with zero attached hydrogens (tertiary/aromatic N) is 3. The van der Waals surface area contributed by atoms with Gasteiger partial charge in [-0.3, -0.25) is 9.48 Å². The van der Waals surface area contributed by atoms with E-state index in [9.17, 15) is 4.79 Å². The molecule has 0 spiro atoms. The highest BCUT2D eigenvalue weighted by molar-refractivity contribution is 6.31. The Kier molecular flexibility index (Phi) is 5.38. The molecule has 35 heavy (non-hydrogen) atoms. The fraction of sp³-hybridized carbons (Fsp3) is 0.179. The number of aromatic nitrogens is 3. The Morgan fingerprint density at radius 2 is 1.91 bits per heavy atom.